The smallest absolute Gasteiger partial charge is 0.325 e. The molecule has 2 aromatic rings. The monoisotopic (exact) mass is 646 g/mol. The lowest BCUT2D eigenvalue weighted by Gasteiger charge is -2.24. The lowest BCUT2D eigenvalue weighted by atomic mass is 10.1. The van der Waals surface area contributed by atoms with Gasteiger partial charge in [0, 0.05) is 24.1 Å². The first kappa shape index (κ1) is 32.3. The van der Waals surface area contributed by atoms with Gasteiger partial charge in [0.25, 0.3) is 0 Å². The van der Waals surface area contributed by atoms with Crippen molar-refractivity contribution in [2.75, 3.05) is 31.2 Å². The predicted octanol–water partition coefficient (Wildman–Crippen LogP) is 4.57. The third-order valence-electron chi connectivity index (χ3n) is 4.60. The third kappa shape index (κ3) is 9.98. The van der Waals surface area contributed by atoms with Crippen LogP contribution in [-0.2, 0) is 36.2 Å². The van der Waals surface area contributed by atoms with Gasteiger partial charge in [0.1, 0.15) is 25.7 Å². The molecule has 0 atom stereocenters. The van der Waals surface area contributed by atoms with Crippen molar-refractivity contribution < 1.29 is 28.7 Å². The van der Waals surface area contributed by atoms with Gasteiger partial charge in [-0.3, -0.25) is 9.59 Å². The van der Waals surface area contributed by atoms with Crippen LogP contribution in [-0.4, -0.2) is 65.8 Å². The highest BCUT2D eigenvalue weighted by atomic mass is 35.6. The highest BCUT2D eigenvalue weighted by Gasteiger charge is 2.34. The molecule has 0 aliphatic rings. The van der Waals surface area contributed by atoms with Crippen molar-refractivity contribution in [1.29, 1.82) is 0 Å². The van der Waals surface area contributed by atoms with Crippen molar-refractivity contribution in [3.63, 3.8) is 0 Å². The Bertz CT molecular complexity index is 1110. The van der Waals surface area contributed by atoms with Crippen LogP contribution in [0, 0.1) is 6.92 Å². The molecular weight excluding hydrogens is 629 g/mol. The van der Waals surface area contributed by atoms with E-state index in [1.165, 1.54) is 4.90 Å². The number of anilines is 1. The molecule has 0 bridgehead atoms. The standard InChI is InChI=1S/C22H20Cl6N4O6/c1-13-10-14(32(11-16(35)37-8-2-6-33)12-17(36)38-9-3-7-34)4-5-15(13)18-29-19(21(23,24)25)31-20(30-18)22(26,27)28/h4-7,10H,2-3,8-9,11-12H2,1H3. The van der Waals surface area contributed by atoms with Crippen molar-refractivity contribution in [2.24, 2.45) is 0 Å². The maximum Gasteiger partial charge on any atom is 0.325 e. The topological polar surface area (TPSA) is 129 Å². The molecule has 0 fully saturated rings. The number of nitrogens with zero attached hydrogens (tertiary/aromatic N) is 4. The summed E-state index contributed by atoms with van der Waals surface area (Å²) < 4.78 is 5.95. The van der Waals surface area contributed by atoms with Crippen molar-refractivity contribution in [1.82, 2.24) is 15.0 Å². The molecule has 0 N–H and O–H groups in total. The van der Waals surface area contributed by atoms with E-state index in [1.54, 1.807) is 25.1 Å². The number of aldehydes is 2. The molecule has 2 rings (SSSR count). The number of hydrogen-bond acceptors (Lipinski definition) is 10. The fourth-order valence-electron chi connectivity index (χ4n) is 2.93. The van der Waals surface area contributed by atoms with Crippen molar-refractivity contribution in [3.8, 4) is 11.4 Å². The molecule has 1 aromatic carbocycles. The number of ether oxygens (including phenoxy) is 2. The Morgan fingerprint density at radius 3 is 1.71 bits per heavy atom. The second kappa shape index (κ2) is 14.4. The first-order valence-electron chi connectivity index (χ1n) is 10.7. The molecule has 0 amide bonds. The van der Waals surface area contributed by atoms with E-state index in [0.717, 1.165) is 0 Å². The molecule has 0 aliphatic carbocycles. The van der Waals surface area contributed by atoms with Crippen LogP contribution < -0.4 is 4.90 Å². The van der Waals surface area contributed by atoms with Crippen LogP contribution in [0.25, 0.3) is 11.4 Å². The summed E-state index contributed by atoms with van der Waals surface area (Å²) in [5, 5.41) is 0. The van der Waals surface area contributed by atoms with Gasteiger partial charge < -0.3 is 24.0 Å². The van der Waals surface area contributed by atoms with Crippen molar-refractivity contribution in [3.05, 3.63) is 35.4 Å². The number of hydrogen-bond donors (Lipinski definition) is 0. The van der Waals surface area contributed by atoms with Crippen molar-refractivity contribution >= 4 is 99.8 Å². The van der Waals surface area contributed by atoms with Crippen LogP contribution >= 0.6 is 69.6 Å². The molecule has 0 aliphatic heterocycles. The molecule has 0 radical (unpaired) electrons. The second-order valence-electron chi connectivity index (χ2n) is 7.51. The van der Waals surface area contributed by atoms with Gasteiger partial charge in [0.15, 0.2) is 17.5 Å². The number of esters is 2. The minimum absolute atomic E-state index is 0.0333. The Labute approximate surface area is 247 Å². The van der Waals surface area contributed by atoms with E-state index < -0.39 is 19.5 Å². The lowest BCUT2D eigenvalue weighted by Crippen LogP contribution is -2.36. The molecule has 0 unspecified atom stereocenters. The van der Waals surface area contributed by atoms with Gasteiger partial charge in [-0.1, -0.05) is 69.6 Å². The minimum Gasteiger partial charge on any atom is -0.464 e. The number of rotatable bonds is 12. The van der Waals surface area contributed by atoms with E-state index in [-0.39, 0.29) is 56.6 Å². The van der Waals surface area contributed by atoms with Crippen LogP contribution in [0.1, 0.15) is 30.1 Å². The van der Waals surface area contributed by atoms with E-state index in [0.29, 0.717) is 29.4 Å². The lowest BCUT2D eigenvalue weighted by molar-refractivity contribution is -0.143. The summed E-state index contributed by atoms with van der Waals surface area (Å²) in [5.41, 5.74) is 1.46. The van der Waals surface area contributed by atoms with Crippen LogP contribution in [0.2, 0.25) is 0 Å². The highest BCUT2D eigenvalue weighted by Crippen LogP contribution is 2.41. The summed E-state index contributed by atoms with van der Waals surface area (Å²) in [6.07, 6.45) is 1.29. The molecule has 16 heteroatoms. The second-order valence-corrected chi connectivity index (χ2v) is 12.1. The Morgan fingerprint density at radius 2 is 1.32 bits per heavy atom. The van der Waals surface area contributed by atoms with E-state index >= 15 is 0 Å². The maximum atomic E-state index is 12.3. The maximum absolute atomic E-state index is 12.3. The number of aromatic nitrogens is 3. The van der Waals surface area contributed by atoms with Gasteiger partial charge in [-0.2, -0.15) is 0 Å². The average molecular weight is 649 g/mol. The molecule has 1 heterocycles. The minimum atomic E-state index is -2.04. The third-order valence-corrected chi connectivity index (χ3v) is 5.61. The number of alkyl halides is 6. The molecule has 38 heavy (non-hydrogen) atoms. The zero-order chi connectivity index (χ0) is 28.5. The zero-order valence-corrected chi connectivity index (χ0v) is 24.2. The number of aryl methyl sites for hydroxylation is 1. The summed E-state index contributed by atoms with van der Waals surface area (Å²) in [5.74, 6) is -1.84. The van der Waals surface area contributed by atoms with E-state index in [2.05, 4.69) is 15.0 Å². The van der Waals surface area contributed by atoms with Crippen LogP contribution in [0.5, 0.6) is 0 Å². The molecule has 0 saturated heterocycles. The quantitative estimate of drug-likeness (QED) is 0.140. The van der Waals surface area contributed by atoms with Crippen molar-refractivity contribution in [2.45, 2.75) is 27.4 Å². The average Bonchev–Trinajstić information content (AvgIpc) is 2.82. The highest BCUT2D eigenvalue weighted by molar-refractivity contribution is 6.67. The van der Waals surface area contributed by atoms with E-state index in [4.69, 9.17) is 79.1 Å². The Balaban J connectivity index is 2.43. The van der Waals surface area contributed by atoms with Gasteiger partial charge >= 0.3 is 11.9 Å². The first-order valence-corrected chi connectivity index (χ1v) is 13.0. The summed E-state index contributed by atoms with van der Waals surface area (Å²) in [4.78, 5) is 59.3. The number of halogens is 6. The van der Waals surface area contributed by atoms with Crippen LogP contribution in [0.15, 0.2) is 18.2 Å². The number of benzene rings is 1. The normalized spacial score (nSPS) is 11.6. The molecule has 206 valence electrons. The fraction of sp³-hybridized carbons (Fsp3) is 0.409. The van der Waals surface area contributed by atoms with E-state index in [9.17, 15) is 19.2 Å². The summed E-state index contributed by atoms with van der Waals surface area (Å²) in [6.45, 7) is 0.834. The fourth-order valence-corrected chi connectivity index (χ4v) is 3.44. The Morgan fingerprint density at radius 1 is 0.842 bits per heavy atom. The summed E-state index contributed by atoms with van der Waals surface area (Å²) in [6, 6.07) is 4.81. The first-order chi connectivity index (χ1) is 17.8. The zero-order valence-electron chi connectivity index (χ0n) is 19.6. The van der Waals surface area contributed by atoms with Crippen LogP contribution in [0.4, 0.5) is 5.69 Å². The van der Waals surface area contributed by atoms with Gasteiger partial charge in [0.2, 0.25) is 7.59 Å². The largest absolute Gasteiger partial charge is 0.464 e. The molecule has 1 aromatic heterocycles. The number of carbonyl (C=O) groups excluding carboxylic acids is 4. The van der Waals surface area contributed by atoms with Gasteiger partial charge in [-0.05, 0) is 30.7 Å². The number of carbonyl (C=O) groups is 4. The van der Waals surface area contributed by atoms with Gasteiger partial charge in [0.05, 0.1) is 13.2 Å². The Kier molecular flexibility index (Phi) is 12.3. The summed E-state index contributed by atoms with van der Waals surface area (Å²) in [7, 11) is 0. The van der Waals surface area contributed by atoms with E-state index in [1.807, 2.05) is 0 Å². The summed E-state index contributed by atoms with van der Waals surface area (Å²) >= 11 is 35.7. The van der Waals surface area contributed by atoms with Crippen LogP contribution in [0.3, 0.4) is 0 Å². The Hall–Kier alpha value is -1.95. The molecule has 0 spiro atoms. The molecular formula is C22H20Cl6N4O6. The molecule has 10 nitrogen and oxygen atoms in total. The molecule has 0 saturated carbocycles. The van der Waals surface area contributed by atoms with Gasteiger partial charge in [-0.15, -0.1) is 0 Å². The SMILES string of the molecule is Cc1cc(N(CC(=O)OCCC=O)CC(=O)OCCC=O)ccc1-c1nc(C(Cl)(Cl)Cl)nc(C(Cl)(Cl)Cl)n1. The predicted molar refractivity (Wildman–Crippen MR) is 144 cm³/mol. The van der Waals surface area contributed by atoms with Gasteiger partial charge in [-0.25, -0.2) is 15.0 Å².